The van der Waals surface area contributed by atoms with E-state index >= 15 is 0 Å². The smallest absolute Gasteiger partial charge is 0.312 e. The summed E-state index contributed by atoms with van der Waals surface area (Å²) in [6, 6.07) is 2.79. The number of ketones is 1. The third kappa shape index (κ3) is 4.32. The number of rotatable bonds is 7. The minimum absolute atomic E-state index is 0.0553. The van der Waals surface area contributed by atoms with Crippen LogP contribution < -0.4 is 4.74 Å². The Labute approximate surface area is 175 Å². The second kappa shape index (κ2) is 9.02. The van der Waals surface area contributed by atoms with Crippen LogP contribution in [0, 0.1) is 24.0 Å². The molecule has 0 amide bonds. The average Bonchev–Trinajstić information content (AvgIpc) is 2.93. The van der Waals surface area contributed by atoms with Crippen LogP contribution in [0.15, 0.2) is 17.7 Å². The van der Waals surface area contributed by atoms with Gasteiger partial charge in [0.25, 0.3) is 5.69 Å². The second-order valence-electron chi connectivity index (χ2n) is 7.46. The predicted molar refractivity (Wildman–Crippen MR) is 114 cm³/mol. The molecule has 8 nitrogen and oxygen atoms in total. The fourth-order valence-electron chi connectivity index (χ4n) is 3.33. The van der Waals surface area contributed by atoms with Crippen LogP contribution in [0.3, 0.4) is 0 Å². The van der Waals surface area contributed by atoms with Gasteiger partial charge >= 0.3 is 5.97 Å². The van der Waals surface area contributed by atoms with Crippen LogP contribution in [0.5, 0.6) is 5.88 Å². The molecular formula is C22H27N3O5. The summed E-state index contributed by atoms with van der Waals surface area (Å²) in [4.78, 5) is 36.6. The monoisotopic (exact) mass is 413 g/mol. The van der Waals surface area contributed by atoms with Gasteiger partial charge in [-0.1, -0.05) is 12.5 Å². The summed E-state index contributed by atoms with van der Waals surface area (Å²) in [7, 11) is 1.60. The van der Waals surface area contributed by atoms with Crippen molar-refractivity contribution in [2.75, 3.05) is 0 Å². The second-order valence-corrected chi connectivity index (χ2v) is 7.46. The normalized spacial score (nSPS) is 10.6. The highest BCUT2D eigenvalue weighted by molar-refractivity contribution is 6.13. The van der Waals surface area contributed by atoms with E-state index in [1.54, 1.807) is 27.8 Å². The predicted octanol–water partition coefficient (Wildman–Crippen LogP) is 4.69. The van der Waals surface area contributed by atoms with E-state index in [1.807, 2.05) is 20.8 Å². The highest BCUT2D eigenvalue weighted by Gasteiger charge is 2.29. The van der Waals surface area contributed by atoms with Crippen LogP contribution in [0.1, 0.15) is 73.3 Å². The molecule has 0 saturated carbocycles. The van der Waals surface area contributed by atoms with Crippen LogP contribution >= 0.6 is 0 Å². The largest absolute Gasteiger partial charge is 0.407 e. The Morgan fingerprint density at radius 3 is 2.33 bits per heavy atom. The molecule has 1 aromatic carbocycles. The van der Waals surface area contributed by atoms with Crippen LogP contribution in [0.2, 0.25) is 0 Å². The zero-order chi connectivity index (χ0) is 22.7. The summed E-state index contributed by atoms with van der Waals surface area (Å²) in [5, 5.41) is 15.8. The molecule has 8 heteroatoms. The lowest BCUT2D eigenvalue weighted by molar-refractivity contribution is -0.385. The molecule has 0 atom stereocenters. The molecule has 0 radical (unpaired) electrons. The molecule has 2 aromatic rings. The standard InChI is InChI=1S/C22H27N3O5/c1-8-9-18(26)30-22-20(15(6)23-24(22)7)21(27)16-10-11-17(25(28)29)19(14(16)5)13(4)12(2)3/h10-11H,8-9H2,1-7H3. The molecule has 1 aromatic heterocycles. The molecule has 30 heavy (non-hydrogen) atoms. The van der Waals surface area contributed by atoms with E-state index < -0.39 is 16.7 Å². The highest BCUT2D eigenvalue weighted by atomic mass is 16.6. The maximum absolute atomic E-state index is 13.5. The molecule has 0 fully saturated rings. The Kier molecular flexibility index (Phi) is 6.92. The van der Waals surface area contributed by atoms with Gasteiger partial charge in [0.05, 0.1) is 16.2 Å². The minimum atomic E-state index is -0.448. The lowest BCUT2D eigenvalue weighted by Gasteiger charge is -2.14. The number of hydrogen-bond acceptors (Lipinski definition) is 6. The molecular weight excluding hydrogens is 386 g/mol. The van der Waals surface area contributed by atoms with Gasteiger partial charge in [-0.3, -0.25) is 19.7 Å². The zero-order valence-electron chi connectivity index (χ0n) is 18.5. The van der Waals surface area contributed by atoms with Crippen LogP contribution in [-0.4, -0.2) is 26.5 Å². The lowest BCUT2D eigenvalue weighted by Crippen LogP contribution is -2.14. The number of nitrogens with zero attached hydrogens (tertiary/aromatic N) is 3. The highest BCUT2D eigenvalue weighted by Crippen LogP contribution is 2.35. The number of hydrogen-bond donors (Lipinski definition) is 0. The SMILES string of the molecule is CCCC(=O)Oc1c(C(=O)c2ccc([N+](=O)[O-])c(C(C)=C(C)C)c2C)c(C)nn1C. The van der Waals surface area contributed by atoms with Gasteiger partial charge < -0.3 is 4.74 Å². The maximum Gasteiger partial charge on any atom is 0.312 e. The van der Waals surface area contributed by atoms with E-state index in [1.165, 1.54) is 16.8 Å². The molecule has 0 unspecified atom stereocenters. The van der Waals surface area contributed by atoms with E-state index in [9.17, 15) is 19.7 Å². The number of benzene rings is 1. The van der Waals surface area contributed by atoms with Crippen molar-refractivity contribution in [3.63, 3.8) is 0 Å². The number of carbonyl (C=O) groups excluding carboxylic acids is 2. The lowest BCUT2D eigenvalue weighted by atomic mass is 9.90. The number of esters is 1. The van der Waals surface area contributed by atoms with Gasteiger partial charge in [0.15, 0.2) is 0 Å². The van der Waals surface area contributed by atoms with Crippen molar-refractivity contribution >= 4 is 23.0 Å². The van der Waals surface area contributed by atoms with E-state index in [0.717, 1.165) is 11.1 Å². The number of carbonyl (C=O) groups is 2. The summed E-state index contributed by atoms with van der Waals surface area (Å²) in [6.07, 6.45) is 0.837. The van der Waals surface area contributed by atoms with Gasteiger partial charge in [-0.15, -0.1) is 0 Å². The third-order valence-corrected chi connectivity index (χ3v) is 5.07. The summed E-state index contributed by atoms with van der Waals surface area (Å²) >= 11 is 0. The summed E-state index contributed by atoms with van der Waals surface area (Å²) in [5.74, 6) is -0.764. The van der Waals surface area contributed by atoms with Crippen molar-refractivity contribution in [1.82, 2.24) is 9.78 Å². The van der Waals surface area contributed by atoms with Crippen LogP contribution in [-0.2, 0) is 11.8 Å². The number of aryl methyl sites for hydroxylation is 2. The van der Waals surface area contributed by atoms with Crippen molar-refractivity contribution in [2.24, 2.45) is 7.05 Å². The Morgan fingerprint density at radius 1 is 1.17 bits per heavy atom. The van der Waals surface area contributed by atoms with Gasteiger partial charge in [0.1, 0.15) is 5.56 Å². The van der Waals surface area contributed by atoms with Crippen LogP contribution in [0.4, 0.5) is 5.69 Å². The topological polar surface area (TPSA) is 104 Å². The van der Waals surface area contributed by atoms with Crippen molar-refractivity contribution in [3.05, 3.63) is 55.8 Å². The van der Waals surface area contributed by atoms with E-state index in [0.29, 0.717) is 28.8 Å². The van der Waals surface area contributed by atoms with Crippen molar-refractivity contribution < 1.29 is 19.2 Å². The summed E-state index contributed by atoms with van der Waals surface area (Å²) in [5.41, 5.74) is 3.43. The molecule has 2 rings (SSSR count). The number of ether oxygens (including phenoxy) is 1. The fourth-order valence-corrected chi connectivity index (χ4v) is 3.33. The van der Waals surface area contributed by atoms with E-state index in [2.05, 4.69) is 5.10 Å². The number of allylic oxidation sites excluding steroid dienone is 2. The third-order valence-electron chi connectivity index (χ3n) is 5.07. The van der Waals surface area contributed by atoms with E-state index in [4.69, 9.17) is 4.74 Å². The van der Waals surface area contributed by atoms with Gasteiger partial charge in [0.2, 0.25) is 11.7 Å². The van der Waals surface area contributed by atoms with Gasteiger partial charge in [0, 0.05) is 25.1 Å². The molecule has 0 aliphatic carbocycles. The van der Waals surface area contributed by atoms with E-state index in [-0.39, 0.29) is 23.6 Å². The molecule has 0 N–H and O–H groups in total. The molecule has 0 spiro atoms. The Bertz CT molecular complexity index is 1060. The van der Waals surface area contributed by atoms with Crippen molar-refractivity contribution in [2.45, 2.75) is 54.4 Å². The number of nitro benzene ring substituents is 1. The summed E-state index contributed by atoms with van der Waals surface area (Å²) in [6.45, 7) is 10.7. The Morgan fingerprint density at radius 2 is 1.80 bits per heavy atom. The Balaban J connectivity index is 2.69. The first-order valence-electron chi connectivity index (χ1n) is 9.72. The molecule has 160 valence electrons. The zero-order valence-corrected chi connectivity index (χ0v) is 18.5. The summed E-state index contributed by atoms with van der Waals surface area (Å²) < 4.78 is 6.78. The number of nitro groups is 1. The number of aromatic nitrogens is 2. The molecule has 0 saturated heterocycles. The van der Waals surface area contributed by atoms with Gasteiger partial charge in [-0.2, -0.15) is 5.10 Å². The van der Waals surface area contributed by atoms with Crippen molar-refractivity contribution in [3.8, 4) is 5.88 Å². The van der Waals surface area contributed by atoms with Crippen LogP contribution in [0.25, 0.3) is 5.57 Å². The maximum atomic E-state index is 13.5. The van der Waals surface area contributed by atoms with Crippen molar-refractivity contribution in [1.29, 1.82) is 0 Å². The molecule has 0 aliphatic rings. The van der Waals surface area contributed by atoms with Gasteiger partial charge in [-0.25, -0.2) is 4.68 Å². The minimum Gasteiger partial charge on any atom is -0.407 e. The average molecular weight is 413 g/mol. The molecule has 0 aliphatic heterocycles. The molecule has 0 bridgehead atoms. The first kappa shape index (κ1) is 23.0. The van der Waals surface area contributed by atoms with Gasteiger partial charge in [-0.05, 0) is 58.2 Å². The first-order chi connectivity index (χ1) is 14.0. The quantitative estimate of drug-likeness (QED) is 0.282. The Hall–Kier alpha value is -3.29. The fraction of sp³-hybridized carbons (Fsp3) is 0.409. The first-order valence-corrected chi connectivity index (χ1v) is 9.72. The molecule has 1 heterocycles.